The van der Waals surface area contributed by atoms with Crippen molar-refractivity contribution in [3.8, 4) is 5.75 Å². The molecule has 1 unspecified atom stereocenters. The highest BCUT2D eigenvalue weighted by molar-refractivity contribution is 6.32. The molecule has 1 fully saturated rings. The van der Waals surface area contributed by atoms with Crippen molar-refractivity contribution in [1.82, 2.24) is 10.6 Å². The Balaban J connectivity index is 1.80. The number of carbonyl (C=O) groups is 1. The molecule has 2 N–H and O–H groups in total. The third-order valence-corrected chi connectivity index (χ3v) is 4.80. The molecule has 0 bridgehead atoms. The lowest BCUT2D eigenvalue weighted by Crippen LogP contribution is -2.43. The van der Waals surface area contributed by atoms with Crippen molar-refractivity contribution in [3.63, 3.8) is 0 Å². The monoisotopic (exact) mass is 348 g/mol. The van der Waals surface area contributed by atoms with E-state index in [-0.39, 0.29) is 17.5 Å². The predicted molar refractivity (Wildman–Crippen MR) is 96.2 cm³/mol. The maximum Gasteiger partial charge on any atom is 0.319 e. The van der Waals surface area contributed by atoms with Gasteiger partial charge in [0, 0.05) is 6.20 Å². The number of benzene rings is 1. The molecular formula is C19H25ClN2O2. The number of rotatable bonds is 4. The summed E-state index contributed by atoms with van der Waals surface area (Å²) in [6.45, 7) is 6.96. The topological polar surface area (TPSA) is 50.4 Å². The fourth-order valence-electron chi connectivity index (χ4n) is 2.97. The SMILES string of the molecule is CC(C)(C)COc1ccc(C2NC(=O)NC=C2C2CCC2)cc1Cl. The standard InChI is InChI=1S/C19H25ClN2O2/c1-19(2,3)11-24-16-8-7-13(9-15(16)20)17-14(12-5-4-6-12)10-21-18(23)22-17/h7-10,12,17H,4-6,11H2,1-3H3,(H2,21,22,23). The van der Waals surface area contributed by atoms with Crippen molar-refractivity contribution in [1.29, 1.82) is 0 Å². The first kappa shape index (κ1) is 17.2. The van der Waals surface area contributed by atoms with Gasteiger partial charge in [0.25, 0.3) is 0 Å². The lowest BCUT2D eigenvalue weighted by Gasteiger charge is -2.36. The average molecular weight is 349 g/mol. The number of hydrogen-bond acceptors (Lipinski definition) is 2. The minimum atomic E-state index is -0.174. The maximum atomic E-state index is 11.8. The van der Waals surface area contributed by atoms with Crippen molar-refractivity contribution in [3.05, 3.63) is 40.6 Å². The molecule has 5 heteroatoms. The van der Waals surface area contributed by atoms with Gasteiger partial charge in [0.1, 0.15) is 5.75 Å². The van der Waals surface area contributed by atoms with Crippen LogP contribution in [0, 0.1) is 11.3 Å². The average Bonchev–Trinajstić information content (AvgIpc) is 2.45. The molecule has 1 aliphatic carbocycles. The first-order chi connectivity index (χ1) is 11.3. The molecule has 3 rings (SSSR count). The molecule has 0 radical (unpaired) electrons. The van der Waals surface area contributed by atoms with Crippen molar-refractivity contribution >= 4 is 17.6 Å². The third-order valence-electron chi connectivity index (χ3n) is 4.51. The summed E-state index contributed by atoms with van der Waals surface area (Å²) in [7, 11) is 0. The van der Waals surface area contributed by atoms with Crippen LogP contribution in [0.4, 0.5) is 4.79 Å². The number of halogens is 1. The molecular weight excluding hydrogens is 324 g/mol. The van der Waals surface area contributed by atoms with E-state index in [4.69, 9.17) is 16.3 Å². The van der Waals surface area contributed by atoms with Crippen molar-refractivity contribution < 1.29 is 9.53 Å². The van der Waals surface area contributed by atoms with Gasteiger partial charge in [-0.25, -0.2) is 4.79 Å². The Labute approximate surface area is 148 Å². The van der Waals surface area contributed by atoms with Gasteiger partial charge in [0.2, 0.25) is 0 Å². The van der Waals surface area contributed by atoms with E-state index >= 15 is 0 Å². The highest BCUT2D eigenvalue weighted by atomic mass is 35.5. The smallest absolute Gasteiger partial charge is 0.319 e. The van der Waals surface area contributed by atoms with Gasteiger partial charge in [-0.05, 0) is 47.4 Å². The van der Waals surface area contributed by atoms with Crippen LogP contribution >= 0.6 is 11.6 Å². The molecule has 1 aliphatic heterocycles. The highest BCUT2D eigenvalue weighted by Gasteiger charge is 2.32. The van der Waals surface area contributed by atoms with Crippen LogP contribution in [0.5, 0.6) is 5.75 Å². The molecule has 1 saturated carbocycles. The summed E-state index contributed by atoms with van der Waals surface area (Å²) in [5.74, 6) is 1.23. The quantitative estimate of drug-likeness (QED) is 0.820. The Hall–Kier alpha value is -1.68. The van der Waals surface area contributed by atoms with Gasteiger partial charge in [-0.3, -0.25) is 0 Å². The van der Waals surface area contributed by atoms with Crippen LogP contribution in [-0.2, 0) is 0 Å². The summed E-state index contributed by atoms with van der Waals surface area (Å²) in [4.78, 5) is 11.8. The van der Waals surface area contributed by atoms with Crippen molar-refractivity contribution in [2.75, 3.05) is 6.61 Å². The lowest BCUT2D eigenvalue weighted by molar-refractivity contribution is 0.198. The molecule has 1 aromatic rings. The van der Waals surface area contributed by atoms with E-state index in [0.29, 0.717) is 23.3 Å². The molecule has 0 spiro atoms. The second-order valence-corrected chi connectivity index (χ2v) is 8.27. The largest absolute Gasteiger partial charge is 0.491 e. The normalized spacial score (nSPS) is 21.4. The molecule has 4 nitrogen and oxygen atoms in total. The number of ether oxygens (including phenoxy) is 1. The molecule has 2 amide bonds. The Morgan fingerprint density at radius 2 is 2.04 bits per heavy atom. The maximum absolute atomic E-state index is 11.8. The van der Waals surface area contributed by atoms with Gasteiger partial charge in [0.05, 0.1) is 17.7 Å². The number of amides is 2. The van der Waals surface area contributed by atoms with Crippen LogP contribution in [0.3, 0.4) is 0 Å². The van der Waals surface area contributed by atoms with Crippen LogP contribution in [0.15, 0.2) is 30.0 Å². The fraction of sp³-hybridized carbons (Fsp3) is 0.526. The van der Waals surface area contributed by atoms with Crippen molar-refractivity contribution in [2.24, 2.45) is 11.3 Å². The zero-order valence-corrected chi connectivity index (χ0v) is 15.2. The number of hydrogen-bond donors (Lipinski definition) is 2. The lowest BCUT2D eigenvalue weighted by atomic mass is 9.75. The summed E-state index contributed by atoms with van der Waals surface area (Å²) in [5, 5.41) is 6.37. The zero-order valence-electron chi connectivity index (χ0n) is 14.5. The second kappa shape index (κ2) is 6.67. The van der Waals surface area contributed by atoms with Gasteiger partial charge in [0.15, 0.2) is 0 Å². The Morgan fingerprint density at radius 3 is 2.62 bits per heavy atom. The minimum Gasteiger partial charge on any atom is -0.491 e. The predicted octanol–water partition coefficient (Wildman–Crippen LogP) is 4.80. The van der Waals surface area contributed by atoms with Gasteiger partial charge < -0.3 is 15.4 Å². The van der Waals surface area contributed by atoms with E-state index < -0.39 is 0 Å². The van der Waals surface area contributed by atoms with Crippen LogP contribution in [0.25, 0.3) is 0 Å². The molecule has 2 aliphatic rings. The van der Waals surface area contributed by atoms with E-state index in [0.717, 1.165) is 5.56 Å². The van der Waals surface area contributed by atoms with E-state index in [2.05, 4.69) is 31.4 Å². The molecule has 0 aromatic heterocycles. The highest BCUT2D eigenvalue weighted by Crippen LogP contribution is 2.41. The molecule has 1 aromatic carbocycles. The van der Waals surface area contributed by atoms with Gasteiger partial charge in [-0.2, -0.15) is 0 Å². The fourth-order valence-corrected chi connectivity index (χ4v) is 3.21. The van der Waals surface area contributed by atoms with E-state index in [9.17, 15) is 4.79 Å². The summed E-state index contributed by atoms with van der Waals surface area (Å²) >= 11 is 6.42. The first-order valence-corrected chi connectivity index (χ1v) is 8.90. The van der Waals surface area contributed by atoms with Gasteiger partial charge in [-0.15, -0.1) is 0 Å². The summed E-state index contributed by atoms with van der Waals surface area (Å²) in [6.07, 6.45) is 5.48. The van der Waals surface area contributed by atoms with Crippen molar-refractivity contribution in [2.45, 2.75) is 46.1 Å². The molecule has 130 valence electrons. The number of carbonyl (C=O) groups excluding carboxylic acids is 1. The Bertz CT molecular complexity index is 660. The van der Waals surface area contributed by atoms with E-state index in [1.165, 1.54) is 24.8 Å². The minimum absolute atomic E-state index is 0.0745. The summed E-state index contributed by atoms with van der Waals surface area (Å²) in [5.41, 5.74) is 2.31. The molecule has 1 heterocycles. The second-order valence-electron chi connectivity index (χ2n) is 7.86. The summed E-state index contributed by atoms with van der Waals surface area (Å²) < 4.78 is 5.83. The zero-order chi connectivity index (χ0) is 17.3. The molecule has 24 heavy (non-hydrogen) atoms. The van der Waals surface area contributed by atoms with Crippen LogP contribution in [-0.4, -0.2) is 12.6 Å². The van der Waals surface area contributed by atoms with Gasteiger partial charge in [-0.1, -0.05) is 44.9 Å². The van der Waals surface area contributed by atoms with Crippen LogP contribution in [0.2, 0.25) is 5.02 Å². The third kappa shape index (κ3) is 3.86. The Morgan fingerprint density at radius 1 is 1.29 bits per heavy atom. The van der Waals surface area contributed by atoms with E-state index in [1.807, 2.05) is 24.4 Å². The molecule has 0 saturated heterocycles. The van der Waals surface area contributed by atoms with Gasteiger partial charge >= 0.3 is 6.03 Å². The van der Waals surface area contributed by atoms with E-state index in [1.54, 1.807) is 0 Å². The molecule has 1 atom stereocenters. The first-order valence-electron chi connectivity index (χ1n) is 8.53. The Kier molecular flexibility index (Phi) is 4.77. The summed E-state index contributed by atoms with van der Waals surface area (Å²) in [6, 6.07) is 5.51. The van der Waals surface area contributed by atoms with Crippen LogP contribution in [0.1, 0.15) is 51.6 Å². The number of urea groups is 1. The number of nitrogens with one attached hydrogen (secondary N) is 2. The van der Waals surface area contributed by atoms with Crippen LogP contribution < -0.4 is 15.4 Å².